The molecule has 0 aliphatic heterocycles. The summed E-state index contributed by atoms with van der Waals surface area (Å²) in [5.74, 6) is 0.0541. The normalized spacial score (nSPS) is 11.7. The Kier molecular flexibility index (Phi) is 6.79. The molecule has 0 fully saturated rings. The van der Waals surface area contributed by atoms with Crippen LogP contribution in [0.1, 0.15) is 43.9 Å². The number of unbranched alkanes of at least 4 members (excludes halogenated alkanes) is 3. The maximum absolute atomic E-state index is 8.68. The molecule has 5 heteroatoms. The van der Waals surface area contributed by atoms with Crippen molar-refractivity contribution in [1.82, 2.24) is 10.3 Å². The second-order valence-electron chi connectivity index (χ2n) is 4.23. The summed E-state index contributed by atoms with van der Waals surface area (Å²) in [4.78, 5) is 4.12. The highest BCUT2D eigenvalue weighted by molar-refractivity contribution is 5.96. The van der Waals surface area contributed by atoms with Gasteiger partial charge >= 0.3 is 0 Å². The predicted molar refractivity (Wildman–Crippen MR) is 72.6 cm³/mol. The Morgan fingerprint density at radius 2 is 2.28 bits per heavy atom. The van der Waals surface area contributed by atoms with Crippen molar-refractivity contribution >= 4 is 5.84 Å². The minimum absolute atomic E-state index is 0.0541. The molecule has 0 radical (unpaired) electrons. The standard InChI is InChI=1S/C13H22N4O/c1-2-3-4-5-8-15-10-11-7-6-9-16-12(11)13(14)17-18/h6-7,9,15,18H,2-5,8,10H2,1H3,(H2,14,17). The molecule has 0 bridgehead atoms. The summed E-state index contributed by atoms with van der Waals surface area (Å²) in [6.45, 7) is 3.86. The van der Waals surface area contributed by atoms with E-state index in [0.29, 0.717) is 12.2 Å². The van der Waals surface area contributed by atoms with Crippen molar-refractivity contribution in [2.45, 2.75) is 39.2 Å². The largest absolute Gasteiger partial charge is 0.409 e. The van der Waals surface area contributed by atoms with Gasteiger partial charge in [0.05, 0.1) is 0 Å². The van der Waals surface area contributed by atoms with Crippen molar-refractivity contribution in [3.8, 4) is 0 Å². The summed E-state index contributed by atoms with van der Waals surface area (Å²) >= 11 is 0. The first-order chi connectivity index (χ1) is 8.79. The predicted octanol–water partition coefficient (Wildman–Crippen LogP) is 1.85. The highest BCUT2D eigenvalue weighted by atomic mass is 16.4. The van der Waals surface area contributed by atoms with Crippen LogP contribution in [0, 0.1) is 0 Å². The number of oxime groups is 1. The zero-order chi connectivity index (χ0) is 13.2. The van der Waals surface area contributed by atoms with Crippen molar-refractivity contribution in [3.05, 3.63) is 29.6 Å². The van der Waals surface area contributed by atoms with E-state index in [0.717, 1.165) is 12.1 Å². The van der Waals surface area contributed by atoms with Crippen LogP contribution in [-0.2, 0) is 6.54 Å². The molecule has 0 saturated heterocycles. The summed E-state index contributed by atoms with van der Waals surface area (Å²) in [5, 5.41) is 15.0. The van der Waals surface area contributed by atoms with Crippen molar-refractivity contribution in [3.63, 3.8) is 0 Å². The van der Waals surface area contributed by atoms with Crippen LogP contribution in [0.5, 0.6) is 0 Å². The van der Waals surface area contributed by atoms with E-state index in [2.05, 4.69) is 22.4 Å². The van der Waals surface area contributed by atoms with E-state index in [9.17, 15) is 0 Å². The number of pyridine rings is 1. The van der Waals surface area contributed by atoms with Crippen molar-refractivity contribution < 1.29 is 5.21 Å². The van der Waals surface area contributed by atoms with Gasteiger partial charge in [-0.2, -0.15) is 0 Å². The number of nitrogens with zero attached hydrogens (tertiary/aromatic N) is 2. The van der Waals surface area contributed by atoms with Crippen molar-refractivity contribution in [2.75, 3.05) is 6.54 Å². The summed E-state index contributed by atoms with van der Waals surface area (Å²) < 4.78 is 0. The van der Waals surface area contributed by atoms with Crippen LogP contribution < -0.4 is 11.1 Å². The number of nitrogens with one attached hydrogen (secondary N) is 1. The Morgan fingerprint density at radius 3 is 3.00 bits per heavy atom. The van der Waals surface area contributed by atoms with Gasteiger partial charge in [0.2, 0.25) is 0 Å². The molecule has 0 spiro atoms. The third-order valence-corrected chi connectivity index (χ3v) is 2.76. The molecule has 0 unspecified atom stereocenters. The first-order valence-corrected chi connectivity index (χ1v) is 6.42. The lowest BCUT2D eigenvalue weighted by Gasteiger charge is -2.08. The fraction of sp³-hybridized carbons (Fsp3) is 0.538. The van der Waals surface area contributed by atoms with E-state index in [-0.39, 0.29) is 5.84 Å². The van der Waals surface area contributed by atoms with Crippen molar-refractivity contribution in [2.24, 2.45) is 10.9 Å². The highest BCUT2D eigenvalue weighted by Crippen LogP contribution is 2.05. The number of aromatic nitrogens is 1. The van der Waals surface area contributed by atoms with Gasteiger partial charge < -0.3 is 16.3 Å². The van der Waals surface area contributed by atoms with E-state index < -0.39 is 0 Å². The van der Waals surface area contributed by atoms with Gasteiger partial charge in [0.25, 0.3) is 0 Å². The molecule has 1 heterocycles. The average Bonchev–Trinajstić information content (AvgIpc) is 2.42. The molecule has 0 aromatic carbocycles. The third kappa shape index (κ3) is 4.71. The van der Waals surface area contributed by atoms with E-state index in [1.54, 1.807) is 6.20 Å². The van der Waals surface area contributed by atoms with Crippen LogP contribution in [0.25, 0.3) is 0 Å². The maximum atomic E-state index is 8.68. The first-order valence-electron chi connectivity index (χ1n) is 6.42. The minimum atomic E-state index is 0.0541. The number of rotatable bonds is 8. The summed E-state index contributed by atoms with van der Waals surface area (Å²) in [6.07, 6.45) is 6.59. The monoisotopic (exact) mass is 250 g/mol. The number of hydrogen-bond acceptors (Lipinski definition) is 4. The van der Waals surface area contributed by atoms with E-state index in [1.165, 1.54) is 25.7 Å². The van der Waals surface area contributed by atoms with E-state index in [1.807, 2.05) is 12.1 Å². The van der Waals surface area contributed by atoms with Gasteiger partial charge in [-0.3, -0.25) is 4.98 Å². The second kappa shape index (κ2) is 8.47. The molecule has 0 aliphatic rings. The second-order valence-corrected chi connectivity index (χ2v) is 4.23. The lowest BCUT2D eigenvalue weighted by Crippen LogP contribution is -2.21. The van der Waals surface area contributed by atoms with Gasteiger partial charge in [0.1, 0.15) is 5.69 Å². The molecule has 1 rings (SSSR count). The fourth-order valence-corrected chi connectivity index (χ4v) is 1.76. The van der Waals surface area contributed by atoms with Crippen LogP contribution in [0.4, 0.5) is 0 Å². The van der Waals surface area contributed by atoms with Gasteiger partial charge in [-0.25, -0.2) is 0 Å². The Morgan fingerprint density at radius 1 is 1.44 bits per heavy atom. The van der Waals surface area contributed by atoms with Crippen LogP contribution >= 0.6 is 0 Å². The first kappa shape index (κ1) is 14.4. The SMILES string of the molecule is CCCCCCNCc1cccnc1C(N)=NO. The molecule has 100 valence electrons. The Hall–Kier alpha value is -1.62. The molecular weight excluding hydrogens is 228 g/mol. The van der Waals surface area contributed by atoms with Gasteiger partial charge in [-0.15, -0.1) is 0 Å². The van der Waals surface area contributed by atoms with E-state index in [4.69, 9.17) is 10.9 Å². The molecule has 0 aliphatic carbocycles. The molecular formula is C13H22N4O. The van der Waals surface area contributed by atoms with Gasteiger partial charge in [-0.1, -0.05) is 37.4 Å². The van der Waals surface area contributed by atoms with Gasteiger partial charge in [0.15, 0.2) is 5.84 Å². The quantitative estimate of drug-likeness (QED) is 0.216. The van der Waals surface area contributed by atoms with Gasteiger partial charge in [-0.05, 0) is 24.6 Å². The highest BCUT2D eigenvalue weighted by Gasteiger charge is 2.07. The van der Waals surface area contributed by atoms with Crippen LogP contribution in [0.3, 0.4) is 0 Å². The molecule has 1 aromatic heterocycles. The number of hydrogen-bond donors (Lipinski definition) is 3. The minimum Gasteiger partial charge on any atom is -0.409 e. The zero-order valence-electron chi connectivity index (χ0n) is 10.9. The third-order valence-electron chi connectivity index (χ3n) is 2.76. The molecule has 0 amide bonds. The Bertz CT molecular complexity index is 379. The fourth-order valence-electron chi connectivity index (χ4n) is 1.76. The summed E-state index contributed by atoms with van der Waals surface area (Å²) in [6, 6.07) is 3.78. The van der Waals surface area contributed by atoms with Gasteiger partial charge in [0, 0.05) is 12.7 Å². The molecule has 0 saturated carbocycles. The van der Waals surface area contributed by atoms with E-state index >= 15 is 0 Å². The molecule has 0 atom stereocenters. The average molecular weight is 250 g/mol. The number of nitrogens with two attached hydrogens (primary N) is 1. The van der Waals surface area contributed by atoms with Crippen molar-refractivity contribution in [1.29, 1.82) is 0 Å². The Balaban J connectivity index is 2.42. The Labute approximate surface area is 108 Å². The topological polar surface area (TPSA) is 83.5 Å². The zero-order valence-corrected chi connectivity index (χ0v) is 10.9. The van der Waals surface area contributed by atoms with Crippen LogP contribution in [-0.4, -0.2) is 22.6 Å². The summed E-state index contributed by atoms with van der Waals surface area (Å²) in [7, 11) is 0. The molecule has 5 nitrogen and oxygen atoms in total. The molecule has 18 heavy (non-hydrogen) atoms. The lowest BCUT2D eigenvalue weighted by atomic mass is 10.1. The smallest absolute Gasteiger partial charge is 0.189 e. The molecule has 1 aromatic rings. The molecule has 4 N–H and O–H groups in total. The maximum Gasteiger partial charge on any atom is 0.189 e. The summed E-state index contributed by atoms with van der Waals surface area (Å²) in [5.41, 5.74) is 7.06. The number of amidine groups is 1. The lowest BCUT2D eigenvalue weighted by molar-refractivity contribution is 0.318. The van der Waals surface area contributed by atoms with Crippen LogP contribution in [0.15, 0.2) is 23.5 Å². The van der Waals surface area contributed by atoms with Crippen LogP contribution in [0.2, 0.25) is 0 Å².